The van der Waals surface area contributed by atoms with E-state index in [2.05, 4.69) is 26.8 Å². The first-order valence-corrected chi connectivity index (χ1v) is 6.05. The summed E-state index contributed by atoms with van der Waals surface area (Å²) in [5.74, 6) is 0.839. The van der Waals surface area contributed by atoms with Crippen LogP contribution in [-0.2, 0) is 5.41 Å². The summed E-state index contributed by atoms with van der Waals surface area (Å²) in [6.45, 7) is 6.92. The number of nitrogens with two attached hydrogens (primary N) is 1. The van der Waals surface area contributed by atoms with Gasteiger partial charge < -0.3 is 10.8 Å². The summed E-state index contributed by atoms with van der Waals surface area (Å²) in [4.78, 5) is 0. The molecule has 0 saturated heterocycles. The third-order valence-electron chi connectivity index (χ3n) is 3.81. The zero-order chi connectivity index (χ0) is 11.9. The fraction of sp³-hybridized carbons (Fsp3) is 0.571. The van der Waals surface area contributed by atoms with Gasteiger partial charge in [-0.2, -0.15) is 0 Å². The van der Waals surface area contributed by atoms with Crippen LogP contribution in [0, 0.1) is 6.92 Å². The van der Waals surface area contributed by atoms with Crippen molar-refractivity contribution in [2.45, 2.75) is 44.9 Å². The number of phenols is 1. The lowest BCUT2D eigenvalue weighted by molar-refractivity contribution is 0.448. The Hall–Kier alpha value is -1.02. The second kappa shape index (κ2) is 3.77. The zero-order valence-corrected chi connectivity index (χ0v) is 10.4. The Morgan fingerprint density at radius 1 is 1.38 bits per heavy atom. The van der Waals surface area contributed by atoms with Crippen molar-refractivity contribution in [3.05, 3.63) is 28.8 Å². The van der Waals surface area contributed by atoms with Crippen molar-refractivity contribution in [2.24, 2.45) is 5.73 Å². The molecule has 0 amide bonds. The van der Waals surface area contributed by atoms with Crippen molar-refractivity contribution in [1.29, 1.82) is 0 Å². The first kappa shape index (κ1) is 11.5. The van der Waals surface area contributed by atoms with Gasteiger partial charge in [0, 0.05) is 17.5 Å². The van der Waals surface area contributed by atoms with Crippen LogP contribution in [0.4, 0.5) is 0 Å². The molecule has 3 N–H and O–H groups in total. The minimum atomic E-state index is 0.0685. The summed E-state index contributed by atoms with van der Waals surface area (Å²) in [5, 5.41) is 10.4. The average Bonchev–Trinajstić information content (AvgIpc) is 2.98. The van der Waals surface area contributed by atoms with E-state index >= 15 is 0 Å². The zero-order valence-electron chi connectivity index (χ0n) is 10.4. The summed E-state index contributed by atoms with van der Waals surface area (Å²) in [6, 6.07) is 4.14. The van der Waals surface area contributed by atoms with Crippen molar-refractivity contribution in [3.8, 4) is 5.75 Å². The Labute approximate surface area is 97.5 Å². The number of hydrogen-bond donors (Lipinski definition) is 2. The molecule has 1 saturated carbocycles. The highest BCUT2D eigenvalue weighted by Crippen LogP contribution is 2.52. The van der Waals surface area contributed by atoms with Crippen LogP contribution in [0.5, 0.6) is 5.75 Å². The quantitative estimate of drug-likeness (QED) is 0.821. The normalized spacial score (nSPS) is 17.8. The maximum Gasteiger partial charge on any atom is 0.123 e. The minimum Gasteiger partial charge on any atom is -0.507 e. The lowest BCUT2D eigenvalue weighted by Crippen LogP contribution is -2.21. The Kier molecular flexibility index (Phi) is 2.70. The highest BCUT2D eigenvalue weighted by Gasteiger charge is 2.46. The van der Waals surface area contributed by atoms with Gasteiger partial charge in [-0.3, -0.25) is 0 Å². The predicted molar refractivity (Wildman–Crippen MR) is 66.9 cm³/mol. The van der Waals surface area contributed by atoms with E-state index in [1.165, 1.54) is 5.56 Å². The molecule has 1 aliphatic carbocycles. The number of rotatable bonds is 3. The number of phenolic OH excluding ortho intramolecular Hbond substituents is 1. The summed E-state index contributed by atoms with van der Waals surface area (Å²) < 4.78 is 0. The van der Waals surface area contributed by atoms with Crippen LogP contribution in [0.3, 0.4) is 0 Å². The van der Waals surface area contributed by atoms with Crippen molar-refractivity contribution >= 4 is 0 Å². The van der Waals surface area contributed by atoms with Gasteiger partial charge in [-0.1, -0.05) is 26.0 Å². The number of benzene rings is 1. The summed E-state index contributed by atoms with van der Waals surface area (Å²) >= 11 is 0. The maximum absolute atomic E-state index is 10.4. The van der Waals surface area contributed by atoms with Crippen LogP contribution in [0.2, 0.25) is 0 Å². The molecule has 2 heteroatoms. The van der Waals surface area contributed by atoms with Gasteiger partial charge in [-0.15, -0.1) is 0 Å². The van der Waals surface area contributed by atoms with E-state index in [-0.39, 0.29) is 5.41 Å². The molecule has 2 rings (SSSR count). The van der Waals surface area contributed by atoms with Gasteiger partial charge in [-0.05, 0) is 36.8 Å². The lowest BCUT2D eigenvalue weighted by Gasteiger charge is -2.21. The molecule has 0 heterocycles. The second-order valence-electron chi connectivity index (χ2n) is 5.33. The predicted octanol–water partition coefficient (Wildman–Crippen LogP) is 2.81. The van der Waals surface area contributed by atoms with Crippen LogP contribution in [0.15, 0.2) is 12.1 Å². The van der Waals surface area contributed by atoms with Crippen molar-refractivity contribution in [2.75, 3.05) is 6.54 Å². The van der Waals surface area contributed by atoms with E-state index in [1.54, 1.807) is 0 Å². The number of aromatic hydroxyl groups is 1. The molecule has 0 atom stereocenters. The van der Waals surface area contributed by atoms with E-state index in [0.29, 0.717) is 18.2 Å². The number of aryl methyl sites for hydroxylation is 1. The van der Waals surface area contributed by atoms with Gasteiger partial charge in [0.05, 0.1) is 0 Å². The highest BCUT2D eigenvalue weighted by molar-refractivity contribution is 5.53. The molecule has 88 valence electrons. The van der Waals surface area contributed by atoms with Crippen LogP contribution in [0.25, 0.3) is 0 Å². The molecule has 0 radical (unpaired) electrons. The fourth-order valence-corrected chi connectivity index (χ4v) is 2.55. The summed E-state index contributed by atoms with van der Waals surface area (Å²) in [5.41, 5.74) is 9.23. The third kappa shape index (κ3) is 1.61. The van der Waals surface area contributed by atoms with Crippen LogP contribution < -0.4 is 5.73 Å². The van der Waals surface area contributed by atoms with Crippen LogP contribution >= 0.6 is 0 Å². The molecular weight excluding hydrogens is 198 g/mol. The standard InChI is InChI=1S/C14H21NO/c1-9(2)11-5-4-10(3)12(13(11)16)14(8-15)6-7-14/h4-5,9,16H,6-8,15H2,1-3H3. The Morgan fingerprint density at radius 3 is 2.44 bits per heavy atom. The van der Waals surface area contributed by atoms with Gasteiger partial charge in [-0.25, -0.2) is 0 Å². The van der Waals surface area contributed by atoms with Crippen molar-refractivity contribution in [1.82, 2.24) is 0 Å². The van der Waals surface area contributed by atoms with Crippen molar-refractivity contribution in [3.63, 3.8) is 0 Å². The smallest absolute Gasteiger partial charge is 0.123 e. The van der Waals surface area contributed by atoms with Gasteiger partial charge in [0.1, 0.15) is 5.75 Å². The molecule has 1 aromatic rings. The lowest BCUT2D eigenvalue weighted by atomic mass is 9.87. The molecule has 0 aliphatic heterocycles. The molecule has 2 nitrogen and oxygen atoms in total. The van der Waals surface area contributed by atoms with E-state index in [9.17, 15) is 5.11 Å². The first-order valence-electron chi connectivity index (χ1n) is 6.05. The molecule has 16 heavy (non-hydrogen) atoms. The molecule has 0 unspecified atom stereocenters. The summed E-state index contributed by atoms with van der Waals surface area (Å²) in [7, 11) is 0. The van der Waals surface area contributed by atoms with Gasteiger partial charge in [0.25, 0.3) is 0 Å². The van der Waals surface area contributed by atoms with Gasteiger partial charge >= 0.3 is 0 Å². The molecule has 0 bridgehead atoms. The van der Waals surface area contributed by atoms with Crippen LogP contribution in [0.1, 0.15) is 49.3 Å². The largest absolute Gasteiger partial charge is 0.507 e. The molecule has 1 aliphatic rings. The molecular formula is C14H21NO. The third-order valence-corrected chi connectivity index (χ3v) is 3.81. The number of hydrogen-bond acceptors (Lipinski definition) is 2. The first-order chi connectivity index (χ1) is 7.52. The molecule has 1 aromatic carbocycles. The summed E-state index contributed by atoms with van der Waals surface area (Å²) in [6.07, 6.45) is 2.22. The van der Waals surface area contributed by atoms with E-state index < -0.39 is 0 Å². The SMILES string of the molecule is Cc1ccc(C(C)C)c(O)c1C1(CN)CC1. The average molecular weight is 219 g/mol. The van der Waals surface area contributed by atoms with E-state index in [4.69, 9.17) is 5.73 Å². The monoisotopic (exact) mass is 219 g/mol. The van der Waals surface area contributed by atoms with E-state index in [0.717, 1.165) is 24.0 Å². The molecule has 1 fully saturated rings. The van der Waals surface area contributed by atoms with Gasteiger partial charge in [0.2, 0.25) is 0 Å². The van der Waals surface area contributed by atoms with Crippen molar-refractivity contribution < 1.29 is 5.11 Å². The molecule has 0 aromatic heterocycles. The van der Waals surface area contributed by atoms with Crippen LogP contribution in [-0.4, -0.2) is 11.7 Å². The Morgan fingerprint density at radius 2 is 2.00 bits per heavy atom. The Bertz CT molecular complexity index is 405. The van der Waals surface area contributed by atoms with Gasteiger partial charge in [0.15, 0.2) is 0 Å². The Balaban J connectivity index is 2.56. The second-order valence-corrected chi connectivity index (χ2v) is 5.33. The molecule has 0 spiro atoms. The topological polar surface area (TPSA) is 46.2 Å². The minimum absolute atomic E-state index is 0.0685. The highest BCUT2D eigenvalue weighted by atomic mass is 16.3. The maximum atomic E-state index is 10.4. The van der Waals surface area contributed by atoms with E-state index in [1.807, 2.05) is 6.07 Å². The fourth-order valence-electron chi connectivity index (χ4n) is 2.55.